The van der Waals surface area contributed by atoms with Crippen LogP contribution < -0.4 is 81.8 Å². The zero-order valence-electron chi connectivity index (χ0n) is 58.8. The van der Waals surface area contributed by atoms with Gasteiger partial charge in [0.15, 0.2) is 5.96 Å². The van der Waals surface area contributed by atoms with Gasteiger partial charge in [-0.25, -0.2) is 0 Å². The second kappa shape index (κ2) is 41.3. The Bertz CT molecular complexity index is 3830. The fourth-order valence-electron chi connectivity index (χ4n) is 12.7. The van der Waals surface area contributed by atoms with Crippen molar-refractivity contribution in [3.8, 4) is 5.75 Å². The second-order valence-electron chi connectivity index (χ2n) is 26.4. The van der Waals surface area contributed by atoms with Crippen LogP contribution in [-0.4, -0.2) is 207 Å². The Hall–Kier alpha value is -10.5. The number of aromatic nitrogens is 1. The zero-order chi connectivity index (χ0) is 77.0. The van der Waals surface area contributed by atoms with Crippen LogP contribution in [0.25, 0.3) is 10.9 Å². The smallest absolute Gasteiger partial charge is 0.303 e. The van der Waals surface area contributed by atoms with Crippen LogP contribution in [0.1, 0.15) is 112 Å². The minimum absolute atomic E-state index is 0.00748. The summed E-state index contributed by atoms with van der Waals surface area (Å²) in [6.07, 6.45) is 1.10. The van der Waals surface area contributed by atoms with Gasteiger partial charge < -0.3 is 102 Å². The maximum absolute atomic E-state index is 15.3. The van der Waals surface area contributed by atoms with Gasteiger partial charge in [0.1, 0.15) is 66.2 Å². The number of fused-ring (bicyclic) bond motifs is 1. The molecular formula is C70H96N18O16S2. The predicted octanol–water partition coefficient (Wildman–Crippen LogP) is -2.33. The number of aromatic amines is 1. The summed E-state index contributed by atoms with van der Waals surface area (Å²) in [5.41, 5.74) is 31.3. The summed E-state index contributed by atoms with van der Waals surface area (Å²) in [7, 11) is 1.77. The monoisotopic (exact) mass is 1510 g/mol. The molecule has 0 bridgehead atoms. The molecule has 10 atom stereocenters. The molecule has 2 aliphatic heterocycles. The number of para-hydroxylation sites is 1. The van der Waals surface area contributed by atoms with E-state index in [0.717, 1.165) is 27.2 Å². The quantitative estimate of drug-likeness (QED) is 0.0151. The molecule has 1 saturated carbocycles. The second-order valence-corrected chi connectivity index (χ2v) is 28.9. The summed E-state index contributed by atoms with van der Waals surface area (Å²) in [5, 5.41) is 47.4. The molecule has 13 amide bonds. The minimum atomic E-state index is -1.73. The lowest BCUT2D eigenvalue weighted by atomic mass is 9.95. The van der Waals surface area contributed by atoms with Crippen molar-refractivity contribution in [3.05, 3.63) is 101 Å². The third-order valence-corrected chi connectivity index (χ3v) is 20.7. The van der Waals surface area contributed by atoms with E-state index in [4.69, 9.17) is 28.7 Å². The highest BCUT2D eigenvalue weighted by Crippen LogP contribution is 2.30. The number of nitrogens with one attached hydrogen (secondary N) is 11. The first-order valence-electron chi connectivity index (χ1n) is 35.1. The molecule has 0 radical (unpaired) electrons. The molecule has 3 fully saturated rings. The maximum Gasteiger partial charge on any atom is 0.303 e. The number of carboxylic acid groups (broad SMARTS) is 1. The normalized spacial score (nSPS) is 22.8. The maximum atomic E-state index is 15.3. The molecule has 0 unspecified atom stereocenters. The summed E-state index contributed by atoms with van der Waals surface area (Å²) in [6, 6.07) is 4.99. The number of carbonyl (C=O) groups is 14. The summed E-state index contributed by atoms with van der Waals surface area (Å²) in [6.45, 7) is 1.68. The number of aromatic hydroxyl groups is 1. The highest BCUT2D eigenvalue weighted by molar-refractivity contribution is 8.76. The Morgan fingerprint density at radius 3 is 1.98 bits per heavy atom. The largest absolute Gasteiger partial charge is 0.508 e. The van der Waals surface area contributed by atoms with Crippen LogP contribution in [0.4, 0.5) is 0 Å². The standard InChI is InChI=1S/C70H96N18O16S2/c1-38-9-6-10-40(31-38)33-50-64(99)80-46(15-7-28-77-70(74)75)61(96)76-29-26-56(91)79-47(21-23-55(72)90)62(97)82-51(34-42-35-78-45-14-5-4-13-44(42)45)66(101)81-48(22-24-58(93)94)63(98)85-52(60(73)95)36-105-106-37-53(67(102)87-59(69(104)84-50)41-11-2-3-12-41)86-65(100)49(32-39-17-19-43(89)20-18-39)83-68(103)54-16-8-30-88(54)57(92)25-27-71/h4-6,9-10,13-14,17-20,31,35,41,46-54,59,78,89H,2-3,7-8,11-12,15-16,21-30,32-34,36-37,71H2,1H3,(H2,72,90)(H2,73,95)(H,76,96)(H,79,91)(H,80,99)(H,81,101)(H,82,97)(H,83,103)(H,84,104)(H,85,98)(H,86,100)(H,87,102)(H,93,94)(H4,74,75,77)/t46-,47-,48-,49-,50-,51-,52+,53-,54-,59-/m0/s1. The summed E-state index contributed by atoms with van der Waals surface area (Å²) >= 11 is 0. The van der Waals surface area contributed by atoms with E-state index in [1.54, 1.807) is 48.7 Å². The van der Waals surface area contributed by atoms with Crippen LogP contribution in [-0.2, 0) is 86.4 Å². The Morgan fingerprint density at radius 2 is 1.30 bits per heavy atom. The van der Waals surface area contributed by atoms with Crippen LogP contribution in [0, 0.1) is 12.8 Å². The Balaban J connectivity index is 1.28. The number of rotatable bonds is 24. The molecule has 3 heterocycles. The summed E-state index contributed by atoms with van der Waals surface area (Å²) in [4.78, 5) is 206. The molecule has 23 N–H and O–H groups in total. The van der Waals surface area contributed by atoms with E-state index in [0.29, 0.717) is 59.7 Å². The third kappa shape index (κ3) is 26.0. The number of aryl methyl sites for hydroxylation is 1. The van der Waals surface area contributed by atoms with Crippen molar-refractivity contribution in [2.24, 2.45) is 39.6 Å². The first kappa shape index (κ1) is 82.8. The first-order chi connectivity index (χ1) is 50.7. The molecule has 2 saturated heterocycles. The predicted molar refractivity (Wildman–Crippen MR) is 393 cm³/mol. The lowest BCUT2D eigenvalue weighted by molar-refractivity contribution is -0.139. The molecule has 1 aromatic heterocycles. The average molecular weight is 1510 g/mol. The Labute approximate surface area is 619 Å². The van der Waals surface area contributed by atoms with E-state index < -0.39 is 182 Å². The van der Waals surface area contributed by atoms with E-state index in [1.807, 2.05) is 13.0 Å². The number of phenolic OH excluding ortho intramolecular Hbond substituents is 1. The van der Waals surface area contributed by atoms with Gasteiger partial charge in [-0.2, -0.15) is 0 Å². The van der Waals surface area contributed by atoms with E-state index >= 15 is 14.4 Å². The summed E-state index contributed by atoms with van der Waals surface area (Å²) < 4.78 is 0. The van der Waals surface area contributed by atoms with Gasteiger partial charge in [-0.15, -0.1) is 0 Å². The van der Waals surface area contributed by atoms with Crippen molar-refractivity contribution in [1.82, 2.24) is 63.1 Å². The van der Waals surface area contributed by atoms with Crippen molar-refractivity contribution >= 4 is 121 Å². The number of H-pyrrole nitrogens is 1. The number of amides is 13. The van der Waals surface area contributed by atoms with Gasteiger partial charge in [0, 0.05) is 99.7 Å². The number of benzene rings is 3. The van der Waals surface area contributed by atoms with Crippen molar-refractivity contribution in [3.63, 3.8) is 0 Å². The van der Waals surface area contributed by atoms with Gasteiger partial charge in [0.25, 0.3) is 0 Å². The number of guanidine groups is 1. The molecule has 0 spiro atoms. The van der Waals surface area contributed by atoms with Crippen molar-refractivity contribution in [2.45, 2.75) is 176 Å². The number of carbonyl (C=O) groups excluding carboxylic acids is 13. The van der Waals surface area contributed by atoms with E-state index in [1.165, 1.54) is 29.2 Å². The molecule has 4 aromatic rings. The van der Waals surface area contributed by atoms with Crippen LogP contribution in [0.3, 0.4) is 0 Å². The van der Waals surface area contributed by atoms with Gasteiger partial charge in [-0.3, -0.25) is 72.1 Å². The van der Waals surface area contributed by atoms with Gasteiger partial charge in [0.05, 0.1) is 0 Å². The number of nitrogens with two attached hydrogens (primary N) is 5. The highest BCUT2D eigenvalue weighted by Gasteiger charge is 2.40. The molecule has 3 aromatic carbocycles. The topological polar surface area (TPSA) is 561 Å². The first-order valence-corrected chi connectivity index (χ1v) is 37.6. The highest BCUT2D eigenvalue weighted by atomic mass is 33.1. The van der Waals surface area contributed by atoms with Crippen LogP contribution in [0.2, 0.25) is 0 Å². The number of phenols is 1. The number of nitrogens with zero attached hydrogens (tertiary/aromatic N) is 2. The van der Waals surface area contributed by atoms with Gasteiger partial charge in [0.2, 0.25) is 76.8 Å². The fraction of sp³-hybridized carbons (Fsp3) is 0.500. The van der Waals surface area contributed by atoms with Crippen LogP contribution in [0.5, 0.6) is 5.75 Å². The number of carboxylic acids is 1. The molecule has 7 rings (SSSR count). The number of aliphatic carboxylic acids is 1. The van der Waals surface area contributed by atoms with Crippen molar-refractivity contribution in [2.75, 3.05) is 37.7 Å². The minimum Gasteiger partial charge on any atom is -0.508 e. The molecule has 3 aliphatic rings. The summed E-state index contributed by atoms with van der Waals surface area (Å²) in [5.74, 6) is -14.4. The number of aliphatic imine (C=N–C) groups is 1. The fourth-order valence-corrected chi connectivity index (χ4v) is 15.0. The number of hydrogen-bond acceptors (Lipinski definition) is 19. The number of hydrogen-bond donors (Lipinski definition) is 18. The Morgan fingerprint density at radius 1 is 0.660 bits per heavy atom. The van der Waals surface area contributed by atoms with Crippen LogP contribution >= 0.6 is 21.6 Å². The molecular weight excluding hydrogens is 1410 g/mol. The van der Waals surface area contributed by atoms with E-state index in [-0.39, 0.29) is 93.7 Å². The van der Waals surface area contributed by atoms with Crippen molar-refractivity contribution in [1.29, 1.82) is 0 Å². The molecule has 34 nitrogen and oxygen atoms in total. The van der Waals surface area contributed by atoms with Gasteiger partial charge >= 0.3 is 5.97 Å². The van der Waals surface area contributed by atoms with Crippen LogP contribution in [0.15, 0.2) is 84.0 Å². The van der Waals surface area contributed by atoms with Gasteiger partial charge in [-0.05, 0) is 99.1 Å². The molecule has 574 valence electrons. The third-order valence-electron chi connectivity index (χ3n) is 18.3. The number of primary amides is 2. The SMILES string of the molecule is Cc1cccc(C[C@@H]2NC(=O)[C@H](C3CCCC3)NC(=O)[C@@H](NC(=O)[C@H](Cc3ccc(O)cc3)NC(=O)[C@@H]3CCCN3C(=O)CCN)CSSC[C@H](C(N)=O)NC(=O)[C@H](CCC(=O)O)NC(=O)[C@H](Cc3c[nH]c4ccccc34)NC(=O)[C@H](CCC(N)=O)NC(=O)CCNC(=O)[C@H](CCCN=C(N)N)NC2=O)c1. The average Bonchev–Trinajstić information content (AvgIpc) is 1.63. The lowest BCUT2D eigenvalue weighted by Crippen LogP contribution is -2.61. The van der Waals surface area contributed by atoms with E-state index in [2.05, 4.69) is 63.1 Å². The van der Waals surface area contributed by atoms with Gasteiger partial charge in [-0.1, -0.05) is 94.6 Å². The molecule has 1 aliphatic carbocycles. The molecule has 106 heavy (non-hydrogen) atoms. The lowest BCUT2D eigenvalue weighted by Gasteiger charge is -2.30. The van der Waals surface area contributed by atoms with E-state index in [9.17, 15) is 63.0 Å². The Kier molecular flexibility index (Phi) is 32.2. The molecule has 36 heteroatoms. The zero-order valence-corrected chi connectivity index (χ0v) is 60.5. The number of likely N-dealkylation sites (tertiary alicyclic amines) is 1. The van der Waals surface area contributed by atoms with Crippen molar-refractivity contribution < 1.29 is 77.3 Å².